The molecule has 25 heavy (non-hydrogen) atoms. The molecular formula is C17H27N3O4S. The number of carbonyl (C=O) groups is 1. The summed E-state index contributed by atoms with van der Waals surface area (Å²) in [5, 5.41) is 3.09. The number of amides is 1. The lowest BCUT2D eigenvalue weighted by Gasteiger charge is -2.24. The molecule has 140 valence electrons. The Morgan fingerprint density at radius 1 is 1.32 bits per heavy atom. The third-order valence-electron chi connectivity index (χ3n) is 4.21. The van der Waals surface area contributed by atoms with Crippen molar-refractivity contribution < 1.29 is 17.9 Å². The molecule has 0 aliphatic carbocycles. The van der Waals surface area contributed by atoms with Crippen LogP contribution < -0.4 is 14.8 Å². The van der Waals surface area contributed by atoms with Gasteiger partial charge < -0.3 is 15.0 Å². The largest absolute Gasteiger partial charge is 0.494 e. The van der Waals surface area contributed by atoms with E-state index in [1.165, 1.54) is 12.1 Å². The first-order chi connectivity index (χ1) is 12.0. The number of nitrogens with zero attached hydrogens (tertiary/aromatic N) is 1. The van der Waals surface area contributed by atoms with E-state index in [0.717, 1.165) is 25.9 Å². The molecule has 1 aliphatic heterocycles. The fourth-order valence-corrected chi connectivity index (χ4v) is 4.04. The molecule has 0 spiro atoms. The van der Waals surface area contributed by atoms with E-state index >= 15 is 0 Å². The molecule has 0 bridgehead atoms. The zero-order valence-corrected chi connectivity index (χ0v) is 15.6. The topological polar surface area (TPSA) is 87.7 Å². The van der Waals surface area contributed by atoms with Gasteiger partial charge in [-0.2, -0.15) is 0 Å². The van der Waals surface area contributed by atoms with Gasteiger partial charge in [0.2, 0.25) is 15.9 Å². The van der Waals surface area contributed by atoms with Crippen molar-refractivity contribution in [2.24, 2.45) is 0 Å². The van der Waals surface area contributed by atoms with Gasteiger partial charge in [0.25, 0.3) is 0 Å². The lowest BCUT2D eigenvalue weighted by molar-refractivity contribution is -0.131. The molecule has 2 rings (SSSR count). The SMILES string of the molecule is CCOc1ccc(S(=O)(=O)NCCC(=O)N2CCCC2CNC)cc1. The Labute approximate surface area is 149 Å². The van der Waals surface area contributed by atoms with E-state index in [2.05, 4.69) is 10.0 Å². The van der Waals surface area contributed by atoms with Crippen LogP contribution in [0.15, 0.2) is 29.2 Å². The van der Waals surface area contributed by atoms with E-state index in [4.69, 9.17) is 4.74 Å². The van der Waals surface area contributed by atoms with Gasteiger partial charge >= 0.3 is 0 Å². The van der Waals surface area contributed by atoms with E-state index in [-0.39, 0.29) is 29.8 Å². The minimum Gasteiger partial charge on any atom is -0.494 e. The number of rotatable bonds is 9. The molecule has 1 aliphatic rings. The Hall–Kier alpha value is -1.64. The molecule has 7 nitrogen and oxygen atoms in total. The second kappa shape index (κ2) is 9.17. The van der Waals surface area contributed by atoms with Gasteiger partial charge in [-0.15, -0.1) is 0 Å². The number of likely N-dealkylation sites (tertiary alicyclic amines) is 1. The fraction of sp³-hybridized carbons (Fsp3) is 0.588. The van der Waals surface area contributed by atoms with Gasteiger partial charge in [-0.25, -0.2) is 13.1 Å². The van der Waals surface area contributed by atoms with Crippen molar-refractivity contribution in [3.63, 3.8) is 0 Å². The highest BCUT2D eigenvalue weighted by molar-refractivity contribution is 7.89. The van der Waals surface area contributed by atoms with Crippen LogP contribution in [-0.2, 0) is 14.8 Å². The summed E-state index contributed by atoms with van der Waals surface area (Å²) in [5.41, 5.74) is 0. The fourth-order valence-electron chi connectivity index (χ4n) is 3.01. The third-order valence-corrected chi connectivity index (χ3v) is 5.69. The summed E-state index contributed by atoms with van der Waals surface area (Å²) in [4.78, 5) is 14.3. The normalized spacial score (nSPS) is 17.7. The minimum absolute atomic E-state index is 0.00727. The van der Waals surface area contributed by atoms with E-state index in [1.54, 1.807) is 12.1 Å². The summed E-state index contributed by atoms with van der Waals surface area (Å²) >= 11 is 0. The van der Waals surface area contributed by atoms with Gasteiger partial charge in [-0.05, 0) is 51.1 Å². The Kier molecular flexibility index (Phi) is 7.22. The average Bonchev–Trinajstić information content (AvgIpc) is 3.04. The van der Waals surface area contributed by atoms with Crippen LogP contribution in [0.3, 0.4) is 0 Å². The molecule has 0 aromatic heterocycles. The highest BCUT2D eigenvalue weighted by Gasteiger charge is 2.27. The smallest absolute Gasteiger partial charge is 0.240 e. The Balaban J connectivity index is 1.86. The highest BCUT2D eigenvalue weighted by Crippen LogP contribution is 2.18. The predicted molar refractivity (Wildman–Crippen MR) is 96.1 cm³/mol. The van der Waals surface area contributed by atoms with Crippen molar-refractivity contribution >= 4 is 15.9 Å². The van der Waals surface area contributed by atoms with Crippen LogP contribution in [0.2, 0.25) is 0 Å². The summed E-state index contributed by atoms with van der Waals surface area (Å²) < 4.78 is 32.4. The molecule has 2 N–H and O–H groups in total. The number of likely N-dealkylation sites (N-methyl/N-ethyl adjacent to an activating group) is 1. The molecule has 0 radical (unpaired) electrons. The van der Waals surface area contributed by atoms with Crippen molar-refractivity contribution in [1.29, 1.82) is 0 Å². The van der Waals surface area contributed by atoms with Gasteiger partial charge in [0.1, 0.15) is 5.75 Å². The summed E-state index contributed by atoms with van der Waals surface area (Å²) in [7, 11) is -1.76. The lowest BCUT2D eigenvalue weighted by Crippen LogP contribution is -2.42. The van der Waals surface area contributed by atoms with Crippen molar-refractivity contribution in [2.45, 2.75) is 37.1 Å². The lowest BCUT2D eigenvalue weighted by atomic mass is 10.2. The molecule has 1 unspecified atom stereocenters. The van der Waals surface area contributed by atoms with Crippen LogP contribution in [0, 0.1) is 0 Å². The van der Waals surface area contributed by atoms with Gasteiger partial charge in [0.15, 0.2) is 0 Å². The molecule has 1 aromatic carbocycles. The Morgan fingerprint density at radius 3 is 2.68 bits per heavy atom. The highest BCUT2D eigenvalue weighted by atomic mass is 32.2. The molecule has 1 amide bonds. The summed E-state index contributed by atoms with van der Waals surface area (Å²) in [6.07, 6.45) is 2.15. The molecule has 1 saturated heterocycles. The van der Waals surface area contributed by atoms with Crippen LogP contribution in [0.4, 0.5) is 0 Å². The van der Waals surface area contributed by atoms with E-state index < -0.39 is 10.0 Å². The predicted octanol–water partition coefficient (Wildman–Crippen LogP) is 0.964. The Morgan fingerprint density at radius 2 is 2.04 bits per heavy atom. The maximum atomic E-state index is 12.3. The number of sulfonamides is 1. The number of hydrogen-bond acceptors (Lipinski definition) is 5. The average molecular weight is 369 g/mol. The zero-order chi connectivity index (χ0) is 18.3. The quantitative estimate of drug-likeness (QED) is 0.677. The van der Waals surface area contributed by atoms with Crippen LogP contribution >= 0.6 is 0 Å². The second-order valence-corrected chi connectivity index (χ2v) is 7.76. The van der Waals surface area contributed by atoms with Gasteiger partial charge in [-0.1, -0.05) is 0 Å². The first-order valence-electron chi connectivity index (χ1n) is 8.64. The summed E-state index contributed by atoms with van der Waals surface area (Å²) in [5.74, 6) is 0.619. The number of nitrogens with one attached hydrogen (secondary N) is 2. The van der Waals surface area contributed by atoms with Crippen LogP contribution in [0.1, 0.15) is 26.2 Å². The number of hydrogen-bond donors (Lipinski definition) is 2. The molecule has 1 aromatic rings. The monoisotopic (exact) mass is 369 g/mol. The standard InChI is InChI=1S/C17H27N3O4S/c1-3-24-15-6-8-16(9-7-15)25(22,23)19-11-10-17(21)20-12-4-5-14(20)13-18-2/h6-9,14,18-19H,3-5,10-13H2,1-2H3. The maximum absolute atomic E-state index is 12.3. The molecule has 1 atom stereocenters. The van der Waals surface area contributed by atoms with Crippen molar-refractivity contribution in [2.75, 3.05) is 33.3 Å². The number of benzene rings is 1. The molecule has 1 heterocycles. The van der Waals surface area contributed by atoms with Crippen molar-refractivity contribution in [3.8, 4) is 5.75 Å². The zero-order valence-electron chi connectivity index (χ0n) is 14.8. The number of ether oxygens (including phenoxy) is 1. The van der Waals surface area contributed by atoms with Gasteiger partial charge in [0, 0.05) is 32.1 Å². The second-order valence-electron chi connectivity index (χ2n) is 5.99. The minimum atomic E-state index is -3.62. The van der Waals surface area contributed by atoms with E-state index in [1.807, 2.05) is 18.9 Å². The molecule has 1 fully saturated rings. The summed E-state index contributed by atoms with van der Waals surface area (Å²) in [6.45, 7) is 4.00. The first-order valence-corrected chi connectivity index (χ1v) is 10.1. The Bertz CT molecular complexity index is 661. The van der Waals surface area contributed by atoms with Crippen LogP contribution in [-0.4, -0.2) is 58.6 Å². The summed E-state index contributed by atoms with van der Waals surface area (Å²) in [6, 6.07) is 6.45. The van der Waals surface area contributed by atoms with Crippen molar-refractivity contribution in [3.05, 3.63) is 24.3 Å². The van der Waals surface area contributed by atoms with Gasteiger partial charge in [-0.3, -0.25) is 4.79 Å². The number of carbonyl (C=O) groups excluding carboxylic acids is 1. The van der Waals surface area contributed by atoms with Crippen LogP contribution in [0.25, 0.3) is 0 Å². The van der Waals surface area contributed by atoms with E-state index in [9.17, 15) is 13.2 Å². The van der Waals surface area contributed by atoms with Crippen molar-refractivity contribution in [1.82, 2.24) is 14.9 Å². The molecule has 0 saturated carbocycles. The first kappa shape index (κ1) is 19.7. The van der Waals surface area contributed by atoms with Crippen LogP contribution in [0.5, 0.6) is 5.75 Å². The van der Waals surface area contributed by atoms with Gasteiger partial charge in [0.05, 0.1) is 11.5 Å². The van der Waals surface area contributed by atoms with E-state index in [0.29, 0.717) is 12.4 Å². The molecule has 8 heteroatoms. The maximum Gasteiger partial charge on any atom is 0.240 e. The third kappa shape index (κ3) is 5.42. The molecular weight excluding hydrogens is 342 g/mol.